The highest BCUT2D eigenvalue weighted by Crippen LogP contribution is 2.33. The molecule has 24 heavy (non-hydrogen) atoms. The molecular formula is C19H22FN3O. The Morgan fingerprint density at radius 3 is 2.75 bits per heavy atom. The van der Waals surface area contributed by atoms with E-state index in [1.165, 1.54) is 0 Å². The number of aromatic nitrogens is 2. The number of hydrogen-bond donors (Lipinski definition) is 0. The Labute approximate surface area is 140 Å². The molecule has 0 aliphatic carbocycles. The molecule has 1 saturated heterocycles. The molecule has 0 bridgehead atoms. The van der Waals surface area contributed by atoms with E-state index >= 15 is 0 Å². The van der Waals surface area contributed by atoms with Crippen molar-refractivity contribution in [3.05, 3.63) is 42.0 Å². The number of para-hydroxylation sites is 1. The molecule has 126 valence electrons. The van der Waals surface area contributed by atoms with E-state index in [4.69, 9.17) is 4.74 Å². The third-order valence-corrected chi connectivity index (χ3v) is 4.90. The van der Waals surface area contributed by atoms with E-state index in [2.05, 4.69) is 33.5 Å². The van der Waals surface area contributed by atoms with Gasteiger partial charge in [-0.25, -0.2) is 4.98 Å². The minimum absolute atomic E-state index is 0.275. The topological polar surface area (TPSA) is 30.3 Å². The number of morpholine rings is 1. The van der Waals surface area contributed by atoms with Crippen LogP contribution in [0.4, 0.5) is 4.39 Å². The lowest BCUT2D eigenvalue weighted by molar-refractivity contribution is 0.0330. The summed E-state index contributed by atoms with van der Waals surface area (Å²) in [7, 11) is 0. The van der Waals surface area contributed by atoms with Crippen LogP contribution in [-0.4, -0.2) is 47.3 Å². The minimum Gasteiger partial charge on any atom is -0.379 e. The van der Waals surface area contributed by atoms with Gasteiger partial charge in [0.05, 0.1) is 24.4 Å². The fourth-order valence-corrected chi connectivity index (χ4v) is 3.87. The lowest BCUT2D eigenvalue weighted by atomic mass is 10.2. The largest absolute Gasteiger partial charge is 0.379 e. The summed E-state index contributed by atoms with van der Waals surface area (Å²) in [5.74, 6) is -0.413. The zero-order valence-electron chi connectivity index (χ0n) is 14.1. The molecule has 3 heterocycles. The third kappa shape index (κ3) is 2.58. The van der Waals surface area contributed by atoms with Gasteiger partial charge in [0.25, 0.3) is 0 Å². The van der Waals surface area contributed by atoms with E-state index in [1.54, 1.807) is 6.07 Å². The van der Waals surface area contributed by atoms with E-state index in [0.29, 0.717) is 0 Å². The van der Waals surface area contributed by atoms with E-state index in [9.17, 15) is 4.39 Å². The summed E-state index contributed by atoms with van der Waals surface area (Å²) in [4.78, 5) is 6.50. The Hall–Kier alpha value is -1.98. The summed E-state index contributed by atoms with van der Waals surface area (Å²) >= 11 is 0. The van der Waals surface area contributed by atoms with Gasteiger partial charge in [-0.05, 0) is 19.9 Å². The van der Waals surface area contributed by atoms with E-state index in [0.717, 1.165) is 60.3 Å². The highest BCUT2D eigenvalue weighted by molar-refractivity contribution is 6.08. The first kappa shape index (κ1) is 15.5. The second-order valence-electron chi connectivity index (χ2n) is 6.58. The maximum absolute atomic E-state index is 13.9. The van der Waals surface area contributed by atoms with Gasteiger partial charge in [-0.1, -0.05) is 18.2 Å². The number of hydrogen-bond acceptors (Lipinski definition) is 3. The smallest absolute Gasteiger partial charge is 0.213 e. The predicted octanol–water partition coefficient (Wildman–Crippen LogP) is 3.53. The van der Waals surface area contributed by atoms with Crippen LogP contribution in [0.3, 0.4) is 0 Å². The third-order valence-electron chi connectivity index (χ3n) is 4.90. The van der Waals surface area contributed by atoms with Crippen LogP contribution >= 0.6 is 0 Å². The van der Waals surface area contributed by atoms with E-state index in [1.807, 2.05) is 19.1 Å². The van der Waals surface area contributed by atoms with Gasteiger partial charge < -0.3 is 9.30 Å². The summed E-state index contributed by atoms with van der Waals surface area (Å²) in [5.41, 5.74) is 2.93. The molecule has 4 rings (SSSR count). The number of aryl methyl sites for hydroxylation is 1. The van der Waals surface area contributed by atoms with Gasteiger partial charge in [0.2, 0.25) is 5.95 Å². The molecule has 0 spiro atoms. The molecule has 5 heteroatoms. The Morgan fingerprint density at radius 2 is 1.96 bits per heavy atom. The van der Waals surface area contributed by atoms with Gasteiger partial charge in [0.15, 0.2) is 0 Å². The van der Waals surface area contributed by atoms with Gasteiger partial charge in [-0.15, -0.1) is 0 Å². The number of fused-ring (bicyclic) bond motifs is 3. The van der Waals surface area contributed by atoms with Crippen molar-refractivity contribution in [3.63, 3.8) is 0 Å². The van der Waals surface area contributed by atoms with Crippen LogP contribution < -0.4 is 0 Å². The first-order chi connectivity index (χ1) is 11.6. The average Bonchev–Trinajstić information content (AvgIpc) is 2.91. The number of benzene rings is 1. The molecule has 1 aliphatic rings. The fourth-order valence-electron chi connectivity index (χ4n) is 3.87. The average molecular weight is 327 g/mol. The van der Waals surface area contributed by atoms with Crippen LogP contribution in [0.25, 0.3) is 21.8 Å². The quantitative estimate of drug-likeness (QED) is 0.690. The van der Waals surface area contributed by atoms with Crippen molar-refractivity contribution in [1.29, 1.82) is 0 Å². The second-order valence-corrected chi connectivity index (χ2v) is 6.58. The maximum atomic E-state index is 13.9. The SMILES string of the molecule is Cc1nc(F)cc2c3ccccc3n(C(C)CN3CCOCC3)c12. The molecule has 1 fully saturated rings. The minimum atomic E-state index is -0.413. The standard InChI is InChI=1S/C19H22FN3O/c1-13(12-22-7-9-24-10-8-22)23-17-6-4-3-5-15(17)16-11-18(20)21-14(2)19(16)23/h3-6,11,13H,7-10,12H2,1-2H3. The van der Waals surface area contributed by atoms with Crippen molar-refractivity contribution in [2.75, 3.05) is 32.8 Å². The van der Waals surface area contributed by atoms with Crippen LogP contribution in [-0.2, 0) is 4.74 Å². The summed E-state index contributed by atoms with van der Waals surface area (Å²) in [5, 5.41) is 2.04. The number of pyridine rings is 1. The van der Waals surface area contributed by atoms with Crippen molar-refractivity contribution in [2.24, 2.45) is 0 Å². The fraction of sp³-hybridized carbons (Fsp3) is 0.421. The molecule has 1 unspecified atom stereocenters. The number of rotatable bonds is 3. The Balaban J connectivity index is 1.85. The number of halogens is 1. The molecule has 0 N–H and O–H groups in total. The van der Waals surface area contributed by atoms with E-state index < -0.39 is 5.95 Å². The Bertz CT molecular complexity index is 883. The maximum Gasteiger partial charge on any atom is 0.213 e. The second kappa shape index (κ2) is 6.15. The molecule has 0 saturated carbocycles. The summed E-state index contributed by atoms with van der Waals surface area (Å²) in [6, 6.07) is 10.1. The van der Waals surface area contributed by atoms with Gasteiger partial charge in [0.1, 0.15) is 0 Å². The summed E-state index contributed by atoms with van der Waals surface area (Å²) in [6.07, 6.45) is 0. The summed E-state index contributed by atoms with van der Waals surface area (Å²) in [6.45, 7) is 8.60. The molecule has 1 aromatic carbocycles. The van der Waals surface area contributed by atoms with Crippen molar-refractivity contribution >= 4 is 21.8 Å². The van der Waals surface area contributed by atoms with Gasteiger partial charge in [-0.2, -0.15) is 4.39 Å². The van der Waals surface area contributed by atoms with Crippen LogP contribution in [0.15, 0.2) is 30.3 Å². The molecule has 0 amide bonds. The molecule has 2 aromatic heterocycles. The lowest BCUT2D eigenvalue weighted by Gasteiger charge is -2.30. The highest BCUT2D eigenvalue weighted by atomic mass is 19.1. The van der Waals surface area contributed by atoms with Gasteiger partial charge in [-0.3, -0.25) is 4.90 Å². The van der Waals surface area contributed by atoms with Crippen LogP contribution in [0.2, 0.25) is 0 Å². The zero-order chi connectivity index (χ0) is 16.7. The molecule has 0 radical (unpaired) electrons. The Kier molecular flexibility index (Phi) is 3.98. The van der Waals surface area contributed by atoms with Crippen molar-refractivity contribution in [3.8, 4) is 0 Å². The van der Waals surface area contributed by atoms with Crippen molar-refractivity contribution in [1.82, 2.24) is 14.5 Å². The zero-order valence-corrected chi connectivity index (χ0v) is 14.1. The Morgan fingerprint density at radius 1 is 1.21 bits per heavy atom. The van der Waals surface area contributed by atoms with Gasteiger partial charge >= 0.3 is 0 Å². The van der Waals surface area contributed by atoms with Crippen LogP contribution in [0.1, 0.15) is 18.7 Å². The lowest BCUT2D eigenvalue weighted by Crippen LogP contribution is -2.39. The molecule has 1 atom stereocenters. The monoisotopic (exact) mass is 327 g/mol. The summed E-state index contributed by atoms with van der Waals surface area (Å²) < 4.78 is 21.6. The first-order valence-corrected chi connectivity index (χ1v) is 8.51. The highest BCUT2D eigenvalue weighted by Gasteiger charge is 2.21. The van der Waals surface area contributed by atoms with Crippen LogP contribution in [0, 0.1) is 12.9 Å². The van der Waals surface area contributed by atoms with E-state index in [-0.39, 0.29) is 6.04 Å². The first-order valence-electron chi connectivity index (χ1n) is 8.51. The normalized spacial score (nSPS) is 17.6. The van der Waals surface area contributed by atoms with Gasteiger partial charge in [0, 0.05) is 48.0 Å². The van der Waals surface area contributed by atoms with Crippen molar-refractivity contribution in [2.45, 2.75) is 19.9 Å². The van der Waals surface area contributed by atoms with Crippen LogP contribution in [0.5, 0.6) is 0 Å². The molecular weight excluding hydrogens is 305 g/mol. The number of ether oxygens (including phenoxy) is 1. The number of nitrogens with zero attached hydrogens (tertiary/aromatic N) is 3. The molecule has 1 aliphatic heterocycles. The molecule has 3 aromatic rings. The predicted molar refractivity (Wildman–Crippen MR) is 93.9 cm³/mol. The van der Waals surface area contributed by atoms with Crippen molar-refractivity contribution < 1.29 is 9.13 Å². The molecule has 4 nitrogen and oxygen atoms in total.